The number of likely N-dealkylation sites (N-methyl/N-ethyl adjacent to an activating group) is 1. The lowest BCUT2D eigenvalue weighted by Crippen LogP contribution is -2.46. The van der Waals surface area contributed by atoms with Crippen molar-refractivity contribution in [2.75, 3.05) is 34.3 Å². The van der Waals surface area contributed by atoms with Gasteiger partial charge in [0.1, 0.15) is 37.1 Å². The molecule has 138 valence electrons. The summed E-state index contributed by atoms with van der Waals surface area (Å²) < 4.78 is 0.550. The number of carboxylic acid groups (broad SMARTS) is 1. The van der Waals surface area contributed by atoms with Crippen LogP contribution in [0.1, 0.15) is 6.42 Å². The van der Waals surface area contributed by atoms with Crippen molar-refractivity contribution in [1.82, 2.24) is 0 Å². The monoisotopic (exact) mass is 341 g/mol. The average Bonchev–Trinajstić information content (AvgIpc) is 2.41. The highest BCUT2D eigenvalue weighted by Crippen LogP contribution is 2.03. The van der Waals surface area contributed by atoms with E-state index in [0.29, 0.717) is 11.0 Å². The van der Waals surface area contributed by atoms with Gasteiger partial charge in [-0.25, -0.2) is 0 Å². The van der Waals surface area contributed by atoms with Gasteiger partial charge in [0, 0.05) is 12.4 Å². The molecular weight excluding hydrogens is 314 g/mol. The van der Waals surface area contributed by atoms with Crippen LogP contribution in [0.4, 0.5) is 0 Å². The summed E-state index contributed by atoms with van der Waals surface area (Å²) in [4.78, 5) is 19.9. The molecule has 0 aromatic heterocycles. The molecule has 0 bridgehead atoms. The van der Waals surface area contributed by atoms with Crippen molar-refractivity contribution in [3.8, 4) is 0 Å². The van der Waals surface area contributed by atoms with Gasteiger partial charge in [-0.05, 0) is 0 Å². The number of hydrogen-bond acceptors (Lipinski definition) is 9. The smallest absolute Gasteiger partial charge is 0.151 e. The number of carbonyl (C=O) groups excluding carboxylic acids is 2. The van der Waals surface area contributed by atoms with Crippen LogP contribution in [0, 0.1) is 0 Å². The van der Waals surface area contributed by atoms with Crippen molar-refractivity contribution in [3.63, 3.8) is 0 Å². The van der Waals surface area contributed by atoms with Crippen LogP contribution in [-0.4, -0.2) is 112 Å². The zero-order chi connectivity index (χ0) is 18.8. The van der Waals surface area contributed by atoms with Gasteiger partial charge in [-0.3, -0.25) is 0 Å². The molecule has 0 amide bonds. The second-order valence-electron chi connectivity index (χ2n) is 6.06. The molecule has 0 saturated carbocycles. The number of aliphatic carboxylic acids is 1. The normalized spacial score (nSPS) is 18.0. The van der Waals surface area contributed by atoms with Crippen LogP contribution in [-0.2, 0) is 9.59 Å². The molecule has 0 heterocycles. The molecular formula is C13H27NO9. The van der Waals surface area contributed by atoms with E-state index in [0.717, 1.165) is 0 Å². The minimum absolute atomic E-state index is 0.0258. The van der Waals surface area contributed by atoms with Crippen LogP contribution >= 0.6 is 0 Å². The molecule has 1 unspecified atom stereocenters. The largest absolute Gasteiger partial charge is 0.550 e. The Labute approximate surface area is 134 Å². The molecule has 0 aliphatic heterocycles. The summed E-state index contributed by atoms with van der Waals surface area (Å²) in [6.45, 7) is -0.336. The van der Waals surface area contributed by atoms with Crippen LogP contribution in [0.15, 0.2) is 0 Å². The van der Waals surface area contributed by atoms with Crippen molar-refractivity contribution in [2.24, 2.45) is 0 Å². The highest BCUT2D eigenvalue weighted by atomic mass is 16.4. The fourth-order valence-corrected chi connectivity index (χ4v) is 1.51. The first kappa shape index (κ1) is 24.1. The van der Waals surface area contributed by atoms with E-state index in [2.05, 4.69) is 0 Å². The standard InChI is InChI=1S/C7H15NO3.C6H12O6/c1-8(2,3)5-6(9)4-7(10)11;7-1-3(9)5(11)6(12)4(10)2-8/h6,9H,4-5H2,1-3H3;1,3-6,8-12H,2H2/t;3-,4+,5+,6+/m.0/s1. The van der Waals surface area contributed by atoms with Gasteiger partial charge >= 0.3 is 0 Å². The van der Waals surface area contributed by atoms with E-state index in [9.17, 15) is 14.7 Å². The first-order valence-electron chi connectivity index (χ1n) is 6.82. The van der Waals surface area contributed by atoms with Gasteiger partial charge < -0.3 is 49.8 Å². The zero-order valence-electron chi connectivity index (χ0n) is 13.4. The Hall–Kier alpha value is -1.14. The maximum atomic E-state index is 10.0. The molecule has 0 radical (unpaired) electrons. The predicted molar refractivity (Wildman–Crippen MR) is 75.7 cm³/mol. The maximum absolute atomic E-state index is 10.0. The van der Waals surface area contributed by atoms with Gasteiger partial charge in [0.25, 0.3) is 0 Å². The Kier molecular flexibility index (Phi) is 12.0. The van der Waals surface area contributed by atoms with Gasteiger partial charge in [0.15, 0.2) is 6.29 Å². The molecule has 10 heteroatoms. The van der Waals surface area contributed by atoms with Crippen molar-refractivity contribution in [3.05, 3.63) is 0 Å². The summed E-state index contributed by atoms with van der Waals surface area (Å²) in [5, 5.41) is 62.7. The summed E-state index contributed by atoms with van der Waals surface area (Å²) in [6.07, 6.45) is -7.93. The number of carbonyl (C=O) groups is 2. The quantitative estimate of drug-likeness (QED) is 0.177. The van der Waals surface area contributed by atoms with Crippen LogP contribution < -0.4 is 5.11 Å². The summed E-state index contributed by atoms with van der Waals surface area (Å²) in [6, 6.07) is 0. The van der Waals surface area contributed by atoms with Crippen LogP contribution in [0.5, 0.6) is 0 Å². The summed E-state index contributed by atoms with van der Waals surface area (Å²) in [7, 11) is 5.66. The van der Waals surface area contributed by atoms with Crippen molar-refractivity contribution in [1.29, 1.82) is 0 Å². The minimum atomic E-state index is -1.79. The molecule has 23 heavy (non-hydrogen) atoms. The Morgan fingerprint density at radius 2 is 1.57 bits per heavy atom. The number of rotatable bonds is 9. The van der Waals surface area contributed by atoms with Crippen molar-refractivity contribution < 1.29 is 49.8 Å². The van der Waals surface area contributed by atoms with E-state index in [1.165, 1.54) is 0 Å². The second kappa shape index (κ2) is 11.4. The van der Waals surface area contributed by atoms with Crippen molar-refractivity contribution in [2.45, 2.75) is 36.9 Å². The molecule has 5 atom stereocenters. The average molecular weight is 341 g/mol. The SMILES string of the molecule is C[N+](C)(C)CC(O)CC(=O)[O-].O=C[C@H](O)[C@@H](O)[C@H](O)[C@H](O)CO. The third-order valence-electron chi connectivity index (χ3n) is 2.58. The molecule has 0 fully saturated rings. The van der Waals surface area contributed by atoms with Crippen LogP contribution in [0.25, 0.3) is 0 Å². The lowest BCUT2D eigenvalue weighted by molar-refractivity contribution is -0.873. The Balaban J connectivity index is 0. The van der Waals surface area contributed by atoms with Crippen LogP contribution in [0.3, 0.4) is 0 Å². The molecule has 0 saturated heterocycles. The first-order valence-corrected chi connectivity index (χ1v) is 6.82. The molecule has 0 aromatic carbocycles. The first-order chi connectivity index (χ1) is 10.4. The van der Waals surface area contributed by atoms with E-state index in [-0.39, 0.29) is 12.7 Å². The van der Waals surface area contributed by atoms with Gasteiger partial charge in [0.05, 0.1) is 27.7 Å². The second-order valence-corrected chi connectivity index (χ2v) is 6.06. The minimum Gasteiger partial charge on any atom is -0.550 e. The summed E-state index contributed by atoms with van der Waals surface area (Å²) >= 11 is 0. The van der Waals surface area contributed by atoms with Crippen molar-refractivity contribution >= 4 is 12.3 Å². The molecule has 10 nitrogen and oxygen atoms in total. The number of aliphatic hydroxyl groups excluding tert-OH is 6. The van der Waals surface area contributed by atoms with Crippen LogP contribution in [0.2, 0.25) is 0 Å². The lowest BCUT2D eigenvalue weighted by Gasteiger charge is -2.26. The fourth-order valence-electron chi connectivity index (χ4n) is 1.51. The molecule has 6 N–H and O–H groups in total. The molecule has 0 rings (SSSR count). The topological polar surface area (TPSA) is 179 Å². The van der Waals surface area contributed by atoms with Gasteiger partial charge in [-0.1, -0.05) is 0 Å². The molecule has 0 aromatic rings. The third kappa shape index (κ3) is 13.0. The maximum Gasteiger partial charge on any atom is 0.151 e. The number of aldehydes is 1. The Morgan fingerprint density at radius 1 is 1.09 bits per heavy atom. The number of quaternary nitrogens is 1. The van der Waals surface area contributed by atoms with Gasteiger partial charge in [-0.15, -0.1) is 0 Å². The number of hydrogen-bond donors (Lipinski definition) is 6. The van der Waals surface area contributed by atoms with E-state index in [4.69, 9.17) is 30.6 Å². The van der Waals surface area contributed by atoms with Gasteiger partial charge in [-0.2, -0.15) is 0 Å². The predicted octanol–water partition coefficient (Wildman–Crippen LogP) is -5.19. The molecule has 0 aliphatic rings. The Morgan fingerprint density at radius 3 is 1.87 bits per heavy atom. The highest BCUT2D eigenvalue weighted by Gasteiger charge is 2.29. The highest BCUT2D eigenvalue weighted by molar-refractivity contribution is 5.64. The third-order valence-corrected chi connectivity index (χ3v) is 2.58. The number of nitrogens with zero attached hydrogens (tertiary/aromatic N) is 1. The Bertz CT molecular complexity index is 345. The zero-order valence-corrected chi connectivity index (χ0v) is 13.4. The summed E-state index contributed by atoms with van der Waals surface area (Å²) in [5.41, 5.74) is 0. The van der Waals surface area contributed by atoms with E-state index >= 15 is 0 Å². The van der Waals surface area contributed by atoms with Gasteiger partial charge in [0.2, 0.25) is 0 Å². The van der Waals surface area contributed by atoms with E-state index < -0.39 is 43.1 Å². The fraction of sp³-hybridized carbons (Fsp3) is 0.846. The summed E-state index contributed by atoms with van der Waals surface area (Å²) in [5.74, 6) is -1.20. The molecule has 0 aliphatic carbocycles. The van der Waals surface area contributed by atoms with E-state index in [1.54, 1.807) is 0 Å². The number of aliphatic hydroxyl groups is 6. The number of carboxylic acids is 1. The lowest BCUT2D eigenvalue weighted by atomic mass is 10.0. The van der Waals surface area contributed by atoms with E-state index in [1.807, 2.05) is 21.1 Å². The molecule has 0 spiro atoms.